The van der Waals surface area contributed by atoms with E-state index in [9.17, 15) is 4.79 Å². The third-order valence-corrected chi connectivity index (χ3v) is 2.27. The van der Waals surface area contributed by atoms with Gasteiger partial charge in [-0.25, -0.2) is 4.98 Å². The van der Waals surface area contributed by atoms with Crippen LogP contribution in [0.1, 0.15) is 9.67 Å². The molecule has 0 amide bonds. The number of thiazole rings is 1. The lowest BCUT2D eigenvalue weighted by molar-refractivity contribution is 0.102. The van der Waals surface area contributed by atoms with Gasteiger partial charge in [-0.2, -0.15) is 0 Å². The van der Waals surface area contributed by atoms with Crippen LogP contribution in [-0.2, 0) is 0 Å². The predicted octanol–water partition coefficient (Wildman–Crippen LogP) is 2.22. The van der Waals surface area contributed by atoms with Crippen molar-refractivity contribution in [2.45, 2.75) is 0 Å². The predicted molar refractivity (Wildman–Crippen MR) is 42.2 cm³/mol. The second kappa shape index (κ2) is 3.32. The number of Topliss-reactive ketones (excluding diaryl/α,β-unsaturated/α-hetero) is 1. The zero-order chi connectivity index (χ0) is 7.56. The second-order valence-corrected chi connectivity index (χ2v) is 3.41. The second-order valence-electron chi connectivity index (χ2n) is 1.53. The molecule has 0 radical (unpaired) electrons. The first kappa shape index (κ1) is 7.98. The number of alkyl halides is 1. The van der Waals surface area contributed by atoms with Crippen LogP contribution in [0, 0.1) is 0 Å². The first-order chi connectivity index (χ1) is 4.74. The Morgan fingerprint density at radius 2 is 2.50 bits per heavy atom. The van der Waals surface area contributed by atoms with Crippen LogP contribution in [0.3, 0.4) is 0 Å². The molecule has 1 rings (SSSR count). The number of aromatic nitrogens is 1. The van der Waals surface area contributed by atoms with Gasteiger partial charge in [0.15, 0.2) is 10.3 Å². The molecule has 0 spiro atoms. The van der Waals surface area contributed by atoms with Crippen molar-refractivity contribution in [2.75, 3.05) is 5.88 Å². The first-order valence-corrected chi connectivity index (χ1v) is 4.17. The molecule has 0 aromatic carbocycles. The Morgan fingerprint density at radius 3 is 2.90 bits per heavy atom. The summed E-state index contributed by atoms with van der Waals surface area (Å²) in [5.41, 5.74) is 0. The molecule has 0 bridgehead atoms. The molecule has 1 heterocycles. The van der Waals surface area contributed by atoms with Crippen LogP contribution >= 0.6 is 34.5 Å². The molecule has 1 aromatic rings. The summed E-state index contributed by atoms with van der Waals surface area (Å²) in [5.74, 6) is -0.149. The zero-order valence-corrected chi connectivity index (χ0v) is 7.13. The highest BCUT2D eigenvalue weighted by atomic mass is 35.5. The van der Waals surface area contributed by atoms with Crippen molar-refractivity contribution in [3.8, 4) is 0 Å². The van der Waals surface area contributed by atoms with Gasteiger partial charge in [0.2, 0.25) is 0 Å². The van der Waals surface area contributed by atoms with E-state index in [-0.39, 0.29) is 11.7 Å². The number of carbonyl (C=O) groups excluding carboxylic acids is 1. The number of hydrogen-bond donors (Lipinski definition) is 0. The molecule has 0 fully saturated rings. The van der Waals surface area contributed by atoms with E-state index in [1.54, 1.807) is 0 Å². The molecule has 0 aliphatic heterocycles. The van der Waals surface area contributed by atoms with Crippen molar-refractivity contribution in [3.05, 3.63) is 15.5 Å². The summed E-state index contributed by atoms with van der Waals surface area (Å²) in [4.78, 5) is 15.0. The van der Waals surface area contributed by atoms with Crippen LogP contribution in [0.4, 0.5) is 0 Å². The number of carbonyl (C=O) groups is 1. The van der Waals surface area contributed by atoms with Gasteiger partial charge in [-0.05, 0) is 0 Å². The highest BCUT2D eigenvalue weighted by Crippen LogP contribution is 2.18. The standard InChI is InChI=1S/C5H3Cl2NOS/c6-1-3(9)4-2-8-5(7)10-4/h2H,1H2. The summed E-state index contributed by atoms with van der Waals surface area (Å²) in [6, 6.07) is 0. The topological polar surface area (TPSA) is 30.0 Å². The van der Waals surface area contributed by atoms with Crippen molar-refractivity contribution in [2.24, 2.45) is 0 Å². The summed E-state index contributed by atoms with van der Waals surface area (Å²) in [5, 5.41) is 0. The maximum atomic E-state index is 10.8. The molecule has 2 nitrogen and oxygen atoms in total. The normalized spacial score (nSPS) is 9.80. The van der Waals surface area contributed by atoms with Crippen LogP contribution in [0.25, 0.3) is 0 Å². The van der Waals surface area contributed by atoms with Crippen molar-refractivity contribution in [1.29, 1.82) is 0 Å². The lowest BCUT2D eigenvalue weighted by Gasteiger charge is -1.83. The van der Waals surface area contributed by atoms with Crippen molar-refractivity contribution >= 4 is 40.3 Å². The summed E-state index contributed by atoms with van der Waals surface area (Å²) in [6.45, 7) is 0. The van der Waals surface area contributed by atoms with Crippen LogP contribution in [0.5, 0.6) is 0 Å². The Hall–Kier alpha value is -0.120. The first-order valence-electron chi connectivity index (χ1n) is 2.44. The average molecular weight is 196 g/mol. The van der Waals surface area contributed by atoms with Crippen molar-refractivity contribution in [3.63, 3.8) is 0 Å². The molecule has 1 aromatic heterocycles. The maximum absolute atomic E-state index is 10.8. The molecule has 0 N–H and O–H groups in total. The minimum absolute atomic E-state index is 0.0154. The van der Waals surface area contributed by atoms with Gasteiger partial charge in [0.25, 0.3) is 0 Å². The maximum Gasteiger partial charge on any atom is 0.189 e. The number of nitrogens with zero attached hydrogens (tertiary/aromatic N) is 1. The molecule has 0 saturated heterocycles. The smallest absolute Gasteiger partial charge is 0.189 e. The van der Waals surface area contributed by atoms with Gasteiger partial charge in [-0.1, -0.05) is 22.9 Å². The highest BCUT2D eigenvalue weighted by molar-refractivity contribution is 7.17. The van der Waals surface area contributed by atoms with E-state index in [0.717, 1.165) is 11.3 Å². The van der Waals surface area contributed by atoms with Crippen LogP contribution in [0.2, 0.25) is 4.47 Å². The Morgan fingerprint density at radius 1 is 1.80 bits per heavy atom. The van der Waals surface area contributed by atoms with E-state index < -0.39 is 0 Å². The monoisotopic (exact) mass is 195 g/mol. The van der Waals surface area contributed by atoms with Gasteiger partial charge in [-0.15, -0.1) is 11.6 Å². The Bertz CT molecular complexity index is 248. The zero-order valence-electron chi connectivity index (χ0n) is 4.80. The molecule has 0 unspecified atom stereocenters. The Kier molecular flexibility index (Phi) is 2.65. The van der Waals surface area contributed by atoms with Gasteiger partial charge >= 0.3 is 0 Å². The summed E-state index contributed by atoms with van der Waals surface area (Å²) < 4.78 is 0.369. The molecule has 5 heteroatoms. The van der Waals surface area contributed by atoms with Crippen LogP contribution in [-0.4, -0.2) is 16.6 Å². The number of hydrogen-bond acceptors (Lipinski definition) is 3. The van der Waals surface area contributed by atoms with E-state index >= 15 is 0 Å². The van der Waals surface area contributed by atoms with Gasteiger partial charge in [0.05, 0.1) is 17.0 Å². The third-order valence-electron chi connectivity index (χ3n) is 0.874. The van der Waals surface area contributed by atoms with Gasteiger partial charge in [-0.3, -0.25) is 4.79 Å². The lowest BCUT2D eigenvalue weighted by Crippen LogP contribution is -1.95. The number of ketones is 1. The molecular formula is C5H3Cl2NOS. The SMILES string of the molecule is O=C(CCl)c1cnc(Cl)s1. The minimum Gasteiger partial charge on any atom is -0.292 e. The largest absolute Gasteiger partial charge is 0.292 e. The molecule has 0 aliphatic carbocycles. The highest BCUT2D eigenvalue weighted by Gasteiger charge is 2.06. The van der Waals surface area contributed by atoms with Gasteiger partial charge in [0.1, 0.15) is 0 Å². The number of rotatable bonds is 2. The molecule has 10 heavy (non-hydrogen) atoms. The molecule has 0 aliphatic rings. The fourth-order valence-corrected chi connectivity index (χ4v) is 1.55. The van der Waals surface area contributed by atoms with Gasteiger partial charge in [0, 0.05) is 0 Å². The fraction of sp³-hybridized carbons (Fsp3) is 0.200. The van der Waals surface area contributed by atoms with Crippen LogP contribution < -0.4 is 0 Å². The summed E-state index contributed by atoms with van der Waals surface area (Å²) in [7, 11) is 0. The Labute approximate surface area is 71.8 Å². The van der Waals surface area contributed by atoms with E-state index in [4.69, 9.17) is 23.2 Å². The summed E-state index contributed by atoms with van der Waals surface area (Å²) in [6.07, 6.45) is 1.43. The van der Waals surface area contributed by atoms with E-state index in [2.05, 4.69) is 4.98 Å². The molecular weight excluding hydrogens is 193 g/mol. The third kappa shape index (κ3) is 1.68. The minimum atomic E-state index is -0.133. The molecule has 0 saturated carbocycles. The van der Waals surface area contributed by atoms with Crippen LogP contribution in [0.15, 0.2) is 6.20 Å². The quantitative estimate of drug-likeness (QED) is 0.536. The lowest BCUT2D eigenvalue weighted by atomic mass is 10.4. The number of halogens is 2. The van der Waals surface area contributed by atoms with E-state index in [1.165, 1.54) is 6.20 Å². The van der Waals surface area contributed by atoms with E-state index in [0.29, 0.717) is 9.34 Å². The van der Waals surface area contributed by atoms with E-state index in [1.807, 2.05) is 0 Å². The van der Waals surface area contributed by atoms with Crippen molar-refractivity contribution in [1.82, 2.24) is 4.98 Å². The average Bonchev–Trinajstić information content (AvgIpc) is 2.34. The summed E-state index contributed by atoms with van der Waals surface area (Å²) >= 11 is 11.9. The molecule has 54 valence electrons. The van der Waals surface area contributed by atoms with Crippen molar-refractivity contribution < 1.29 is 4.79 Å². The molecule has 0 atom stereocenters. The van der Waals surface area contributed by atoms with Gasteiger partial charge < -0.3 is 0 Å². The fourth-order valence-electron chi connectivity index (χ4n) is 0.448. The Balaban J connectivity index is 2.85.